The van der Waals surface area contributed by atoms with Gasteiger partial charge in [-0.1, -0.05) is 0 Å². The number of carbonyl (C=O) groups excluding carboxylic acids is 3. The van der Waals surface area contributed by atoms with Crippen LogP contribution in [0.15, 0.2) is 0 Å². The van der Waals surface area contributed by atoms with E-state index in [0.29, 0.717) is 25.1 Å². The fourth-order valence-electron chi connectivity index (χ4n) is 1.85. The number of carboxylic acids is 1. The largest absolute Gasteiger partial charge is 0.480 e. The summed E-state index contributed by atoms with van der Waals surface area (Å²) >= 11 is 1.26. The first-order chi connectivity index (χ1) is 9.41. The van der Waals surface area contributed by atoms with Gasteiger partial charge in [0.1, 0.15) is 6.04 Å². The molecule has 1 atom stereocenters. The highest BCUT2D eigenvalue weighted by molar-refractivity contribution is 7.99. The molecule has 112 valence electrons. The summed E-state index contributed by atoms with van der Waals surface area (Å²) in [5.41, 5.74) is 0. The summed E-state index contributed by atoms with van der Waals surface area (Å²) in [6.07, 6.45) is 1.36. The van der Waals surface area contributed by atoms with Crippen LogP contribution in [-0.4, -0.2) is 57.8 Å². The molecule has 0 aliphatic carbocycles. The number of carbonyl (C=O) groups is 4. The number of imide groups is 1. The second-order valence-corrected chi connectivity index (χ2v) is 5.58. The standard InChI is InChI=1S/C12H18N2O5S/c1-8(15)13-9(12(18)19)4-6-20-7-11(17)14-5-2-3-10(14)16/h9H,2-7H2,1H3,(H,13,15)(H,18,19). The normalized spacial score (nSPS) is 16.1. The minimum Gasteiger partial charge on any atom is -0.480 e. The summed E-state index contributed by atoms with van der Waals surface area (Å²) in [6, 6.07) is -0.941. The maximum absolute atomic E-state index is 11.7. The molecule has 8 heteroatoms. The van der Waals surface area contributed by atoms with Crippen molar-refractivity contribution < 1.29 is 24.3 Å². The zero-order chi connectivity index (χ0) is 15.1. The molecule has 0 bridgehead atoms. The molecule has 0 radical (unpaired) electrons. The van der Waals surface area contributed by atoms with Crippen LogP contribution >= 0.6 is 11.8 Å². The first kappa shape index (κ1) is 16.5. The van der Waals surface area contributed by atoms with E-state index in [-0.39, 0.29) is 24.0 Å². The molecule has 1 aliphatic heterocycles. The first-order valence-electron chi connectivity index (χ1n) is 6.32. The topological polar surface area (TPSA) is 104 Å². The number of thioether (sulfide) groups is 1. The zero-order valence-electron chi connectivity index (χ0n) is 11.3. The van der Waals surface area contributed by atoms with Gasteiger partial charge in [-0.25, -0.2) is 4.79 Å². The fraction of sp³-hybridized carbons (Fsp3) is 0.667. The molecule has 1 saturated heterocycles. The van der Waals surface area contributed by atoms with Gasteiger partial charge in [0.05, 0.1) is 5.75 Å². The monoisotopic (exact) mass is 302 g/mol. The Hall–Kier alpha value is -1.57. The lowest BCUT2D eigenvalue weighted by Crippen LogP contribution is -2.40. The number of nitrogens with zero attached hydrogens (tertiary/aromatic N) is 1. The Labute approximate surface area is 121 Å². The van der Waals surface area contributed by atoms with Crippen molar-refractivity contribution in [3.63, 3.8) is 0 Å². The van der Waals surface area contributed by atoms with Gasteiger partial charge in [0.25, 0.3) is 0 Å². The van der Waals surface area contributed by atoms with E-state index < -0.39 is 17.9 Å². The number of aliphatic carboxylic acids is 1. The van der Waals surface area contributed by atoms with Crippen LogP contribution in [-0.2, 0) is 19.2 Å². The van der Waals surface area contributed by atoms with E-state index in [9.17, 15) is 19.2 Å². The van der Waals surface area contributed by atoms with Crippen molar-refractivity contribution in [3.05, 3.63) is 0 Å². The minimum atomic E-state index is -1.10. The molecule has 1 aliphatic rings. The second kappa shape index (κ2) is 7.88. The van der Waals surface area contributed by atoms with Crippen LogP contribution in [0.4, 0.5) is 0 Å². The van der Waals surface area contributed by atoms with E-state index in [4.69, 9.17) is 5.11 Å². The molecular weight excluding hydrogens is 284 g/mol. The molecule has 0 spiro atoms. The average Bonchev–Trinajstić information content (AvgIpc) is 2.78. The number of carboxylic acid groups (broad SMARTS) is 1. The van der Waals surface area contributed by atoms with Crippen molar-refractivity contribution in [2.45, 2.75) is 32.2 Å². The molecule has 0 aromatic carbocycles. The fourth-order valence-corrected chi connectivity index (χ4v) is 2.73. The van der Waals surface area contributed by atoms with Gasteiger partial charge in [0.2, 0.25) is 17.7 Å². The van der Waals surface area contributed by atoms with Crippen LogP contribution in [0.25, 0.3) is 0 Å². The van der Waals surface area contributed by atoms with Gasteiger partial charge < -0.3 is 10.4 Å². The van der Waals surface area contributed by atoms with Crippen molar-refractivity contribution in [1.29, 1.82) is 0 Å². The molecule has 1 unspecified atom stereocenters. The SMILES string of the molecule is CC(=O)NC(CCSCC(=O)N1CCCC1=O)C(=O)O. The van der Waals surface area contributed by atoms with Crippen molar-refractivity contribution in [1.82, 2.24) is 10.2 Å². The lowest BCUT2D eigenvalue weighted by Gasteiger charge is -2.14. The molecule has 1 fully saturated rings. The van der Waals surface area contributed by atoms with Gasteiger partial charge in [0.15, 0.2) is 0 Å². The highest BCUT2D eigenvalue weighted by atomic mass is 32.2. The predicted octanol–water partition coefficient (Wildman–Crippen LogP) is -0.152. The van der Waals surface area contributed by atoms with E-state index in [1.54, 1.807) is 0 Å². The Bertz CT molecular complexity index is 413. The van der Waals surface area contributed by atoms with Crippen molar-refractivity contribution in [2.75, 3.05) is 18.1 Å². The van der Waals surface area contributed by atoms with Crippen molar-refractivity contribution in [2.24, 2.45) is 0 Å². The van der Waals surface area contributed by atoms with E-state index in [1.807, 2.05) is 0 Å². The maximum atomic E-state index is 11.7. The van der Waals surface area contributed by atoms with Crippen LogP contribution < -0.4 is 5.32 Å². The molecule has 20 heavy (non-hydrogen) atoms. The molecule has 0 aromatic rings. The Morgan fingerprint density at radius 1 is 1.45 bits per heavy atom. The summed E-state index contributed by atoms with van der Waals surface area (Å²) < 4.78 is 0. The van der Waals surface area contributed by atoms with E-state index in [0.717, 1.165) is 0 Å². The Balaban J connectivity index is 2.26. The number of hydrogen-bond donors (Lipinski definition) is 2. The van der Waals surface area contributed by atoms with Crippen LogP contribution in [0.1, 0.15) is 26.2 Å². The molecule has 1 rings (SSSR count). The van der Waals surface area contributed by atoms with E-state index >= 15 is 0 Å². The van der Waals surface area contributed by atoms with Crippen LogP contribution in [0, 0.1) is 0 Å². The molecule has 7 nitrogen and oxygen atoms in total. The number of amides is 3. The molecular formula is C12H18N2O5S. The van der Waals surface area contributed by atoms with Gasteiger partial charge in [-0.3, -0.25) is 19.3 Å². The molecule has 1 heterocycles. The van der Waals surface area contributed by atoms with Gasteiger partial charge in [-0.15, -0.1) is 0 Å². The minimum absolute atomic E-state index is 0.141. The molecule has 0 aromatic heterocycles. The second-order valence-electron chi connectivity index (χ2n) is 4.48. The smallest absolute Gasteiger partial charge is 0.326 e. The Kier molecular flexibility index (Phi) is 6.50. The number of rotatable bonds is 7. The predicted molar refractivity (Wildman–Crippen MR) is 73.1 cm³/mol. The summed E-state index contributed by atoms with van der Waals surface area (Å²) in [6.45, 7) is 1.73. The lowest BCUT2D eigenvalue weighted by atomic mass is 10.2. The van der Waals surface area contributed by atoms with Crippen molar-refractivity contribution >= 4 is 35.5 Å². The molecule has 3 amide bonds. The van der Waals surface area contributed by atoms with Crippen LogP contribution in [0.3, 0.4) is 0 Å². The van der Waals surface area contributed by atoms with Gasteiger partial charge >= 0.3 is 5.97 Å². The van der Waals surface area contributed by atoms with Crippen molar-refractivity contribution in [3.8, 4) is 0 Å². The first-order valence-corrected chi connectivity index (χ1v) is 7.48. The van der Waals surface area contributed by atoms with Gasteiger partial charge in [-0.2, -0.15) is 11.8 Å². The molecule has 2 N–H and O–H groups in total. The maximum Gasteiger partial charge on any atom is 0.326 e. The zero-order valence-corrected chi connectivity index (χ0v) is 12.1. The number of hydrogen-bond acceptors (Lipinski definition) is 5. The quantitative estimate of drug-likeness (QED) is 0.634. The highest BCUT2D eigenvalue weighted by Crippen LogP contribution is 2.13. The third kappa shape index (κ3) is 5.20. The summed E-state index contributed by atoms with van der Waals surface area (Å²) in [5.74, 6) is -1.30. The van der Waals surface area contributed by atoms with Crippen LogP contribution in [0.2, 0.25) is 0 Å². The summed E-state index contributed by atoms with van der Waals surface area (Å²) in [7, 11) is 0. The average molecular weight is 302 g/mol. The summed E-state index contributed by atoms with van der Waals surface area (Å²) in [5, 5.41) is 11.2. The Morgan fingerprint density at radius 2 is 2.15 bits per heavy atom. The van der Waals surface area contributed by atoms with Gasteiger partial charge in [0, 0.05) is 19.9 Å². The Morgan fingerprint density at radius 3 is 2.65 bits per heavy atom. The highest BCUT2D eigenvalue weighted by Gasteiger charge is 2.26. The third-order valence-corrected chi connectivity index (χ3v) is 3.80. The number of nitrogens with one attached hydrogen (secondary N) is 1. The summed E-state index contributed by atoms with van der Waals surface area (Å²) in [4.78, 5) is 46.0. The van der Waals surface area contributed by atoms with Gasteiger partial charge in [-0.05, 0) is 18.6 Å². The van der Waals surface area contributed by atoms with E-state index in [2.05, 4.69) is 5.32 Å². The third-order valence-electron chi connectivity index (χ3n) is 2.83. The van der Waals surface area contributed by atoms with Crippen LogP contribution in [0.5, 0.6) is 0 Å². The lowest BCUT2D eigenvalue weighted by molar-refractivity contribution is -0.141. The van der Waals surface area contributed by atoms with E-state index in [1.165, 1.54) is 23.6 Å². The molecule has 0 saturated carbocycles. The number of likely N-dealkylation sites (tertiary alicyclic amines) is 1.